The number of halogens is 1. The van der Waals surface area contributed by atoms with Crippen molar-refractivity contribution in [3.8, 4) is 0 Å². The maximum absolute atomic E-state index is 11.9. The Balaban J connectivity index is 0.00000161. The van der Waals surface area contributed by atoms with Crippen molar-refractivity contribution in [2.45, 2.75) is 13.0 Å². The molecule has 0 aliphatic rings. The van der Waals surface area contributed by atoms with Crippen LogP contribution in [0.5, 0.6) is 0 Å². The molecule has 0 saturated carbocycles. The molecule has 2 heterocycles. The van der Waals surface area contributed by atoms with Gasteiger partial charge in [0.05, 0.1) is 0 Å². The number of benzene rings is 1. The summed E-state index contributed by atoms with van der Waals surface area (Å²) in [6.45, 7) is 1.68. The lowest BCUT2D eigenvalue weighted by Gasteiger charge is -2.09. The molecule has 3 aromatic rings. The molecular weight excluding hydrogens is 292 g/mol. The van der Waals surface area contributed by atoms with Crippen LogP contribution in [0, 0.1) is 0 Å². The average molecular weight is 309 g/mol. The molecule has 0 radical (unpaired) electrons. The van der Waals surface area contributed by atoms with Crippen molar-refractivity contribution >= 4 is 34.4 Å². The van der Waals surface area contributed by atoms with Gasteiger partial charge in [0.1, 0.15) is 11.1 Å². The van der Waals surface area contributed by atoms with E-state index in [9.17, 15) is 4.79 Å². The molecule has 0 atom stereocenters. The van der Waals surface area contributed by atoms with Crippen LogP contribution in [-0.4, -0.2) is 40.5 Å². The zero-order valence-electron chi connectivity index (χ0n) is 11.9. The molecule has 0 bridgehead atoms. The first-order valence-corrected chi connectivity index (χ1v) is 6.56. The van der Waals surface area contributed by atoms with Gasteiger partial charge >= 0.3 is 5.63 Å². The Morgan fingerprint density at radius 1 is 1.29 bits per heavy atom. The van der Waals surface area contributed by atoms with Crippen LogP contribution in [0.3, 0.4) is 0 Å². The molecule has 0 fully saturated rings. The van der Waals surface area contributed by atoms with Crippen LogP contribution < -0.4 is 5.63 Å². The van der Waals surface area contributed by atoms with Gasteiger partial charge in [0.15, 0.2) is 5.52 Å². The predicted molar refractivity (Wildman–Crippen MR) is 84.0 cm³/mol. The second-order valence-corrected chi connectivity index (χ2v) is 5.05. The van der Waals surface area contributed by atoms with E-state index in [1.165, 1.54) is 0 Å². The molecule has 6 nitrogen and oxygen atoms in total. The topological polar surface area (TPSA) is 64.2 Å². The van der Waals surface area contributed by atoms with E-state index in [0.717, 1.165) is 30.4 Å². The van der Waals surface area contributed by atoms with Crippen molar-refractivity contribution in [3.05, 3.63) is 34.7 Å². The van der Waals surface area contributed by atoms with E-state index in [1.54, 1.807) is 10.7 Å². The van der Waals surface area contributed by atoms with Crippen molar-refractivity contribution in [2.75, 3.05) is 20.6 Å². The first-order valence-electron chi connectivity index (χ1n) is 6.56. The summed E-state index contributed by atoms with van der Waals surface area (Å²) in [5, 5.41) is 8.92. The minimum absolute atomic E-state index is 0. The summed E-state index contributed by atoms with van der Waals surface area (Å²) in [5.41, 5.74) is 1.20. The summed E-state index contributed by atoms with van der Waals surface area (Å²) >= 11 is 0. The maximum Gasteiger partial charge on any atom is 0.366 e. The lowest BCUT2D eigenvalue weighted by Crippen LogP contribution is -2.15. The van der Waals surface area contributed by atoms with Crippen LogP contribution >= 0.6 is 12.4 Å². The molecule has 0 amide bonds. The first kappa shape index (κ1) is 15.5. The molecular formula is C14H17ClN4O2. The van der Waals surface area contributed by atoms with Crippen LogP contribution in [0.4, 0.5) is 0 Å². The highest BCUT2D eigenvalue weighted by Crippen LogP contribution is 2.21. The van der Waals surface area contributed by atoms with Gasteiger partial charge in [0.2, 0.25) is 0 Å². The van der Waals surface area contributed by atoms with Crippen LogP contribution in [-0.2, 0) is 6.54 Å². The van der Waals surface area contributed by atoms with E-state index in [4.69, 9.17) is 4.42 Å². The monoisotopic (exact) mass is 308 g/mol. The number of fused-ring (bicyclic) bond motifs is 3. The van der Waals surface area contributed by atoms with Gasteiger partial charge in [-0.15, -0.1) is 17.5 Å². The van der Waals surface area contributed by atoms with Gasteiger partial charge in [-0.1, -0.05) is 17.3 Å². The standard InChI is InChI=1S/C14H16N4O2.ClH/c1-17(2)8-5-9-18-13-10-6-3-4-7-11(10)20-14(19)12(13)15-16-18;/h3-4,6-7H,5,8-9H2,1-2H3;1H. The lowest BCUT2D eigenvalue weighted by molar-refractivity contribution is 0.381. The summed E-state index contributed by atoms with van der Waals surface area (Å²) in [5.74, 6) is 0. The maximum atomic E-state index is 11.9. The van der Waals surface area contributed by atoms with E-state index in [2.05, 4.69) is 15.2 Å². The number of rotatable bonds is 4. The van der Waals surface area contributed by atoms with E-state index in [0.29, 0.717) is 11.1 Å². The molecule has 0 saturated heterocycles. The Bertz CT molecular complexity index is 809. The largest absolute Gasteiger partial charge is 0.421 e. The highest BCUT2D eigenvalue weighted by molar-refractivity contribution is 6.00. The van der Waals surface area contributed by atoms with Crippen molar-refractivity contribution in [1.82, 2.24) is 19.9 Å². The molecule has 7 heteroatoms. The predicted octanol–water partition coefficient (Wildman–Crippen LogP) is 1.91. The van der Waals surface area contributed by atoms with Crippen molar-refractivity contribution in [2.24, 2.45) is 0 Å². The lowest BCUT2D eigenvalue weighted by atomic mass is 10.2. The van der Waals surface area contributed by atoms with Gasteiger partial charge in [-0.25, -0.2) is 9.48 Å². The second-order valence-electron chi connectivity index (χ2n) is 5.05. The van der Waals surface area contributed by atoms with Gasteiger partial charge < -0.3 is 9.32 Å². The summed E-state index contributed by atoms with van der Waals surface area (Å²) in [6.07, 6.45) is 0.944. The van der Waals surface area contributed by atoms with Crippen LogP contribution in [0.15, 0.2) is 33.5 Å². The molecule has 112 valence electrons. The van der Waals surface area contributed by atoms with Gasteiger partial charge in [0.25, 0.3) is 0 Å². The minimum atomic E-state index is -0.433. The number of hydrogen-bond acceptors (Lipinski definition) is 5. The van der Waals surface area contributed by atoms with E-state index in [1.807, 2.05) is 32.3 Å². The Morgan fingerprint density at radius 2 is 2.05 bits per heavy atom. The third-order valence-electron chi connectivity index (χ3n) is 3.25. The minimum Gasteiger partial charge on any atom is -0.421 e. The normalized spacial score (nSPS) is 11.2. The van der Waals surface area contributed by atoms with Gasteiger partial charge in [-0.3, -0.25) is 0 Å². The zero-order valence-corrected chi connectivity index (χ0v) is 12.8. The van der Waals surface area contributed by atoms with E-state index < -0.39 is 5.63 Å². The number of aromatic nitrogens is 3. The zero-order chi connectivity index (χ0) is 14.1. The molecule has 0 spiro atoms. The summed E-state index contributed by atoms with van der Waals surface area (Å²) < 4.78 is 7.04. The second kappa shape index (κ2) is 6.24. The smallest absolute Gasteiger partial charge is 0.366 e. The Morgan fingerprint density at radius 3 is 2.81 bits per heavy atom. The van der Waals surface area contributed by atoms with Crippen molar-refractivity contribution in [3.63, 3.8) is 0 Å². The molecule has 0 aliphatic carbocycles. The third kappa shape index (κ3) is 2.91. The number of para-hydroxylation sites is 1. The SMILES string of the molecule is CN(C)CCCn1nnc2c(=O)oc3ccccc3c21.Cl. The van der Waals surface area contributed by atoms with Gasteiger partial charge in [0, 0.05) is 11.9 Å². The fraction of sp³-hybridized carbons (Fsp3) is 0.357. The first-order chi connectivity index (χ1) is 9.66. The number of nitrogens with zero attached hydrogens (tertiary/aromatic N) is 4. The summed E-state index contributed by atoms with van der Waals surface area (Å²) in [6, 6.07) is 7.47. The average Bonchev–Trinajstić information content (AvgIpc) is 2.83. The molecule has 0 unspecified atom stereocenters. The van der Waals surface area contributed by atoms with Crippen LogP contribution in [0.25, 0.3) is 22.0 Å². The van der Waals surface area contributed by atoms with Gasteiger partial charge in [-0.05, 0) is 39.2 Å². The third-order valence-corrected chi connectivity index (χ3v) is 3.25. The molecule has 1 aromatic carbocycles. The Hall–Kier alpha value is -1.92. The summed E-state index contributed by atoms with van der Waals surface area (Å²) in [4.78, 5) is 14.0. The number of hydrogen-bond donors (Lipinski definition) is 0. The van der Waals surface area contributed by atoms with E-state index >= 15 is 0 Å². The van der Waals surface area contributed by atoms with Crippen LogP contribution in [0.2, 0.25) is 0 Å². The highest BCUT2D eigenvalue weighted by atomic mass is 35.5. The molecule has 21 heavy (non-hydrogen) atoms. The fourth-order valence-corrected chi connectivity index (χ4v) is 2.31. The van der Waals surface area contributed by atoms with Gasteiger partial charge in [-0.2, -0.15) is 0 Å². The highest BCUT2D eigenvalue weighted by Gasteiger charge is 2.14. The van der Waals surface area contributed by atoms with E-state index in [-0.39, 0.29) is 12.4 Å². The Labute approximate surface area is 127 Å². The Kier molecular flexibility index (Phi) is 4.59. The van der Waals surface area contributed by atoms with Crippen LogP contribution in [0.1, 0.15) is 6.42 Å². The molecule has 0 N–H and O–H groups in total. The number of aryl methyl sites for hydroxylation is 1. The molecule has 0 aliphatic heterocycles. The quantitative estimate of drug-likeness (QED) is 0.689. The van der Waals surface area contributed by atoms with Crippen molar-refractivity contribution < 1.29 is 4.42 Å². The van der Waals surface area contributed by atoms with Crippen molar-refractivity contribution in [1.29, 1.82) is 0 Å². The fourth-order valence-electron chi connectivity index (χ4n) is 2.31. The molecule has 3 rings (SSSR count). The molecule has 2 aromatic heterocycles. The summed E-state index contributed by atoms with van der Waals surface area (Å²) in [7, 11) is 4.06.